The zero-order valence-electron chi connectivity index (χ0n) is 21.5. The van der Waals surface area contributed by atoms with Gasteiger partial charge in [0.25, 0.3) is 0 Å². The summed E-state index contributed by atoms with van der Waals surface area (Å²) in [5.41, 5.74) is 1.15. The van der Waals surface area contributed by atoms with E-state index in [1.54, 1.807) is 43.3 Å². The molecule has 0 aliphatic carbocycles. The summed E-state index contributed by atoms with van der Waals surface area (Å²) in [6.45, 7) is 7.88. The van der Waals surface area contributed by atoms with Gasteiger partial charge in [-0.15, -0.1) is 0 Å². The maximum absolute atomic E-state index is 13.3. The highest BCUT2D eigenvalue weighted by atomic mass is 32.2. The number of rotatable bonds is 13. The van der Waals surface area contributed by atoms with Crippen LogP contribution in [0.2, 0.25) is 0 Å². The fourth-order valence-corrected chi connectivity index (χ4v) is 4.62. The van der Waals surface area contributed by atoms with Gasteiger partial charge in [-0.2, -0.15) is 0 Å². The van der Waals surface area contributed by atoms with Crippen LogP contribution in [-0.2, 0) is 26.2 Å². The van der Waals surface area contributed by atoms with E-state index in [4.69, 9.17) is 4.74 Å². The maximum atomic E-state index is 13.3. The number of amides is 2. The minimum atomic E-state index is -3.59. The molecule has 0 saturated carbocycles. The van der Waals surface area contributed by atoms with E-state index in [2.05, 4.69) is 5.32 Å². The van der Waals surface area contributed by atoms with Gasteiger partial charge in [-0.25, -0.2) is 12.8 Å². The quantitative estimate of drug-likeness (QED) is 0.434. The highest BCUT2D eigenvalue weighted by molar-refractivity contribution is 7.92. The number of sulfonamides is 1. The zero-order chi connectivity index (χ0) is 26.9. The SMILES string of the molecule is CCOc1ccc(N(CCCC(=O)N(Cc2ccc(F)cc2)[C@H](C)C(=O)NC(C)C)S(C)(=O)=O)cc1. The number of nitrogens with one attached hydrogen (secondary N) is 1. The monoisotopic (exact) mass is 521 g/mol. The van der Waals surface area contributed by atoms with Gasteiger partial charge in [0.05, 0.1) is 18.6 Å². The predicted octanol–water partition coefficient (Wildman–Crippen LogP) is 3.71. The summed E-state index contributed by atoms with van der Waals surface area (Å²) >= 11 is 0. The largest absolute Gasteiger partial charge is 0.494 e. The Kier molecular flexibility index (Phi) is 10.7. The van der Waals surface area contributed by atoms with Crippen molar-refractivity contribution < 1.29 is 27.1 Å². The Bertz CT molecular complexity index is 1110. The second-order valence-corrected chi connectivity index (χ2v) is 10.8. The standard InChI is InChI=1S/C26H36FN3O5S/c1-6-35-24-15-13-23(14-16-24)30(36(5,33)34)17-7-8-25(31)29(20(4)26(32)28-19(2)3)18-21-9-11-22(27)12-10-21/h9-16,19-20H,6-8,17-18H2,1-5H3,(H,28,32)/t20-/m1/s1. The Hall–Kier alpha value is -3.14. The normalized spacial score (nSPS) is 12.2. The van der Waals surface area contributed by atoms with Gasteiger partial charge in [-0.1, -0.05) is 12.1 Å². The Morgan fingerprint density at radius 2 is 1.64 bits per heavy atom. The van der Waals surface area contributed by atoms with Crippen LogP contribution in [0.4, 0.5) is 10.1 Å². The summed E-state index contributed by atoms with van der Waals surface area (Å²) in [6, 6.07) is 11.6. The number of anilines is 1. The molecule has 0 aromatic heterocycles. The summed E-state index contributed by atoms with van der Waals surface area (Å²) in [4.78, 5) is 27.3. The van der Waals surface area contributed by atoms with Gasteiger partial charge in [-0.05, 0) is 76.1 Å². The molecule has 0 bridgehead atoms. The highest BCUT2D eigenvalue weighted by Crippen LogP contribution is 2.22. The second kappa shape index (κ2) is 13.2. The van der Waals surface area contributed by atoms with E-state index >= 15 is 0 Å². The number of benzene rings is 2. The van der Waals surface area contributed by atoms with E-state index in [9.17, 15) is 22.4 Å². The van der Waals surface area contributed by atoms with Crippen LogP contribution >= 0.6 is 0 Å². The first kappa shape index (κ1) is 29.1. The third-order valence-electron chi connectivity index (χ3n) is 5.45. The Morgan fingerprint density at radius 3 is 2.17 bits per heavy atom. The van der Waals surface area contributed by atoms with E-state index in [1.165, 1.54) is 21.3 Å². The van der Waals surface area contributed by atoms with Crippen LogP contribution in [0, 0.1) is 5.82 Å². The van der Waals surface area contributed by atoms with Gasteiger partial charge in [0.1, 0.15) is 17.6 Å². The molecule has 0 aliphatic heterocycles. The van der Waals surface area contributed by atoms with Crippen LogP contribution in [0.5, 0.6) is 5.75 Å². The molecule has 2 rings (SSSR count). The van der Waals surface area contributed by atoms with Crippen molar-refractivity contribution in [3.63, 3.8) is 0 Å². The third kappa shape index (κ3) is 8.82. The molecule has 1 atom stereocenters. The van der Waals surface area contributed by atoms with Crippen LogP contribution in [0.15, 0.2) is 48.5 Å². The lowest BCUT2D eigenvalue weighted by atomic mass is 10.1. The summed E-state index contributed by atoms with van der Waals surface area (Å²) in [5.74, 6) is -0.356. The minimum Gasteiger partial charge on any atom is -0.494 e. The van der Waals surface area contributed by atoms with E-state index in [0.717, 1.165) is 6.26 Å². The van der Waals surface area contributed by atoms with E-state index < -0.39 is 21.9 Å². The van der Waals surface area contributed by atoms with E-state index in [-0.39, 0.29) is 43.8 Å². The Labute approximate surface area is 213 Å². The molecule has 2 amide bonds. The molecule has 0 unspecified atom stereocenters. The molecule has 0 radical (unpaired) electrons. The molecular weight excluding hydrogens is 485 g/mol. The van der Waals surface area contributed by atoms with Gasteiger partial charge in [0, 0.05) is 25.6 Å². The smallest absolute Gasteiger partial charge is 0.242 e. The second-order valence-electron chi connectivity index (χ2n) is 8.85. The van der Waals surface area contributed by atoms with Crippen LogP contribution in [0.25, 0.3) is 0 Å². The average Bonchev–Trinajstić information content (AvgIpc) is 2.80. The number of carbonyl (C=O) groups excluding carboxylic acids is 2. The van der Waals surface area contributed by atoms with Crippen LogP contribution in [0.1, 0.15) is 46.1 Å². The van der Waals surface area contributed by atoms with Crippen molar-refractivity contribution in [1.29, 1.82) is 0 Å². The number of hydrogen-bond acceptors (Lipinski definition) is 5. The third-order valence-corrected chi connectivity index (χ3v) is 6.65. The molecule has 36 heavy (non-hydrogen) atoms. The molecule has 0 aliphatic rings. The Morgan fingerprint density at radius 1 is 1.03 bits per heavy atom. The van der Waals surface area contributed by atoms with Crippen LogP contribution in [0.3, 0.4) is 0 Å². The molecule has 0 saturated heterocycles. The predicted molar refractivity (Wildman–Crippen MR) is 139 cm³/mol. The maximum Gasteiger partial charge on any atom is 0.242 e. The highest BCUT2D eigenvalue weighted by Gasteiger charge is 2.27. The van der Waals surface area contributed by atoms with Crippen molar-refractivity contribution in [1.82, 2.24) is 10.2 Å². The summed E-state index contributed by atoms with van der Waals surface area (Å²) in [5, 5.41) is 2.81. The van der Waals surface area contributed by atoms with Gasteiger partial charge in [0.15, 0.2) is 0 Å². The van der Waals surface area contributed by atoms with Crippen molar-refractivity contribution in [3.8, 4) is 5.75 Å². The molecule has 2 aromatic carbocycles. The number of halogens is 1. The number of nitrogens with zero attached hydrogens (tertiary/aromatic N) is 2. The first-order valence-corrected chi connectivity index (χ1v) is 13.8. The number of carbonyl (C=O) groups is 2. The molecule has 1 N–H and O–H groups in total. The molecular formula is C26H36FN3O5S. The lowest BCUT2D eigenvalue weighted by Crippen LogP contribution is -2.49. The molecule has 198 valence electrons. The average molecular weight is 522 g/mol. The summed E-state index contributed by atoms with van der Waals surface area (Å²) in [6.07, 6.45) is 1.39. The molecule has 0 spiro atoms. The lowest BCUT2D eigenvalue weighted by molar-refractivity contribution is -0.140. The molecule has 8 nitrogen and oxygen atoms in total. The van der Waals surface area contributed by atoms with Crippen molar-refractivity contribution >= 4 is 27.5 Å². The molecule has 0 heterocycles. The topological polar surface area (TPSA) is 96.0 Å². The molecule has 2 aromatic rings. The molecule has 10 heteroatoms. The summed E-state index contributed by atoms with van der Waals surface area (Å²) in [7, 11) is -3.59. The Balaban J connectivity index is 2.14. The molecule has 0 fully saturated rings. The van der Waals surface area contributed by atoms with Gasteiger partial charge >= 0.3 is 0 Å². The van der Waals surface area contributed by atoms with Gasteiger partial charge in [-0.3, -0.25) is 13.9 Å². The van der Waals surface area contributed by atoms with E-state index in [0.29, 0.717) is 23.6 Å². The van der Waals surface area contributed by atoms with Gasteiger partial charge in [0.2, 0.25) is 21.8 Å². The first-order chi connectivity index (χ1) is 16.9. The number of hydrogen-bond donors (Lipinski definition) is 1. The van der Waals surface area contributed by atoms with Gasteiger partial charge < -0.3 is 15.0 Å². The minimum absolute atomic E-state index is 0.0313. The van der Waals surface area contributed by atoms with E-state index in [1.807, 2.05) is 20.8 Å². The van der Waals surface area contributed by atoms with Crippen LogP contribution in [-0.4, -0.2) is 56.6 Å². The fourth-order valence-electron chi connectivity index (χ4n) is 3.65. The van der Waals surface area contributed by atoms with Crippen molar-refractivity contribution in [2.45, 2.75) is 59.2 Å². The first-order valence-electron chi connectivity index (χ1n) is 12.0. The van der Waals surface area contributed by atoms with Crippen molar-refractivity contribution in [3.05, 3.63) is 59.9 Å². The van der Waals surface area contributed by atoms with Crippen LogP contribution < -0.4 is 14.4 Å². The zero-order valence-corrected chi connectivity index (χ0v) is 22.3. The lowest BCUT2D eigenvalue weighted by Gasteiger charge is -2.30. The van der Waals surface area contributed by atoms with Crippen molar-refractivity contribution in [2.24, 2.45) is 0 Å². The number of ether oxygens (including phenoxy) is 1. The summed E-state index contributed by atoms with van der Waals surface area (Å²) < 4.78 is 44.9. The van der Waals surface area contributed by atoms with Crippen molar-refractivity contribution in [2.75, 3.05) is 23.7 Å². The fraction of sp³-hybridized carbons (Fsp3) is 0.462.